The van der Waals surface area contributed by atoms with E-state index in [4.69, 9.17) is 0 Å². The van der Waals surface area contributed by atoms with Crippen LogP contribution in [0.3, 0.4) is 0 Å². The molecule has 1 amide bonds. The second-order valence-corrected chi connectivity index (χ2v) is 6.02. The first kappa shape index (κ1) is 13.4. The van der Waals surface area contributed by atoms with Gasteiger partial charge in [-0.25, -0.2) is 0 Å². The Kier molecular flexibility index (Phi) is 3.92. The third-order valence-electron chi connectivity index (χ3n) is 4.18. The summed E-state index contributed by atoms with van der Waals surface area (Å²) in [5, 5.41) is 12.8. The van der Waals surface area contributed by atoms with Gasteiger partial charge >= 0.3 is 0 Å². The molecule has 1 unspecified atom stereocenters. The van der Waals surface area contributed by atoms with Crippen LogP contribution < -0.4 is 5.32 Å². The number of amides is 1. The van der Waals surface area contributed by atoms with E-state index in [0.717, 1.165) is 31.6 Å². The van der Waals surface area contributed by atoms with Crippen LogP contribution in [0.2, 0.25) is 0 Å². The molecule has 4 heteroatoms. The lowest BCUT2D eigenvalue weighted by molar-refractivity contribution is -0.135. The molecule has 2 N–H and O–H groups in total. The van der Waals surface area contributed by atoms with E-state index in [0.29, 0.717) is 12.5 Å². The van der Waals surface area contributed by atoms with Crippen molar-refractivity contribution in [2.45, 2.75) is 25.8 Å². The molecule has 108 valence electrons. The molecule has 4 nitrogen and oxygen atoms in total. The Morgan fingerprint density at radius 1 is 1.35 bits per heavy atom. The molecule has 0 aromatic heterocycles. The van der Waals surface area contributed by atoms with E-state index in [9.17, 15) is 9.90 Å². The summed E-state index contributed by atoms with van der Waals surface area (Å²) in [4.78, 5) is 14.6. The smallest absolute Gasteiger partial charge is 0.227 e. The fraction of sp³-hybridized carbons (Fsp3) is 0.562. The lowest BCUT2D eigenvalue weighted by Crippen LogP contribution is -2.38. The van der Waals surface area contributed by atoms with Crippen LogP contribution in [0.15, 0.2) is 24.3 Å². The van der Waals surface area contributed by atoms with Gasteiger partial charge in [-0.3, -0.25) is 4.79 Å². The minimum Gasteiger partial charge on any atom is -0.508 e. The van der Waals surface area contributed by atoms with Crippen LogP contribution in [0.4, 0.5) is 0 Å². The Bertz CT molecular complexity index is 479. The van der Waals surface area contributed by atoms with Crippen molar-refractivity contribution in [1.29, 1.82) is 0 Å². The van der Waals surface area contributed by atoms with Gasteiger partial charge in [-0.2, -0.15) is 0 Å². The number of nitrogens with one attached hydrogen (secondary N) is 1. The first-order valence-corrected chi connectivity index (χ1v) is 7.50. The summed E-state index contributed by atoms with van der Waals surface area (Å²) in [5.41, 5.74) is 1.00. The molecular weight excluding hydrogens is 252 g/mol. The van der Waals surface area contributed by atoms with Crippen LogP contribution in [0.5, 0.6) is 5.75 Å². The van der Waals surface area contributed by atoms with E-state index in [1.807, 2.05) is 17.0 Å². The van der Waals surface area contributed by atoms with Gasteiger partial charge in [0.2, 0.25) is 5.91 Å². The summed E-state index contributed by atoms with van der Waals surface area (Å²) < 4.78 is 0. The van der Waals surface area contributed by atoms with Crippen molar-refractivity contribution in [2.24, 2.45) is 11.8 Å². The number of phenols is 1. The molecule has 0 spiro atoms. The molecular formula is C16H22N2O2. The van der Waals surface area contributed by atoms with Gasteiger partial charge < -0.3 is 15.3 Å². The fourth-order valence-electron chi connectivity index (χ4n) is 2.84. The molecule has 1 aliphatic carbocycles. The maximum atomic E-state index is 12.6. The normalized spacial score (nSPS) is 21.9. The number of rotatable bonds is 5. The second kappa shape index (κ2) is 5.83. The molecule has 1 saturated carbocycles. The largest absolute Gasteiger partial charge is 0.508 e. The molecule has 1 atom stereocenters. The number of hydrogen-bond donors (Lipinski definition) is 2. The molecule has 20 heavy (non-hydrogen) atoms. The minimum absolute atomic E-state index is 0.131. The fourth-order valence-corrected chi connectivity index (χ4v) is 2.84. The maximum Gasteiger partial charge on any atom is 0.227 e. The monoisotopic (exact) mass is 274 g/mol. The first-order valence-electron chi connectivity index (χ1n) is 7.50. The summed E-state index contributed by atoms with van der Waals surface area (Å²) in [6, 6.07) is 7.22. The number of carbonyl (C=O) groups excluding carboxylic acids is 1. The standard InChI is InChI=1S/C16H22N2O2/c19-15-3-1-2-13(8-15)11-18(10-12-4-5-12)16(20)14-6-7-17-9-14/h1-3,8,12,14,17,19H,4-7,9-11H2. The number of aromatic hydroxyl groups is 1. The second-order valence-electron chi connectivity index (χ2n) is 6.02. The Morgan fingerprint density at radius 2 is 2.20 bits per heavy atom. The predicted octanol–water partition coefficient (Wildman–Crippen LogP) is 1.74. The molecule has 1 aliphatic heterocycles. The van der Waals surface area contributed by atoms with Crippen molar-refractivity contribution in [3.05, 3.63) is 29.8 Å². The van der Waals surface area contributed by atoms with E-state index in [-0.39, 0.29) is 17.6 Å². The lowest BCUT2D eigenvalue weighted by Gasteiger charge is -2.25. The van der Waals surface area contributed by atoms with Crippen molar-refractivity contribution in [3.63, 3.8) is 0 Å². The van der Waals surface area contributed by atoms with Gasteiger partial charge in [-0.15, -0.1) is 0 Å². The zero-order chi connectivity index (χ0) is 13.9. The summed E-state index contributed by atoms with van der Waals surface area (Å²) >= 11 is 0. The maximum absolute atomic E-state index is 12.6. The van der Waals surface area contributed by atoms with Gasteiger partial charge in [0.1, 0.15) is 5.75 Å². The van der Waals surface area contributed by atoms with Crippen LogP contribution in [0, 0.1) is 11.8 Å². The highest BCUT2D eigenvalue weighted by Gasteiger charge is 2.31. The van der Waals surface area contributed by atoms with Crippen LogP contribution in [-0.2, 0) is 11.3 Å². The van der Waals surface area contributed by atoms with Crippen molar-refractivity contribution >= 4 is 5.91 Å². The highest BCUT2D eigenvalue weighted by atomic mass is 16.3. The molecule has 1 heterocycles. The third-order valence-corrected chi connectivity index (χ3v) is 4.18. The van der Waals surface area contributed by atoms with Crippen molar-refractivity contribution in [3.8, 4) is 5.75 Å². The molecule has 1 aromatic carbocycles. The molecule has 2 fully saturated rings. The van der Waals surface area contributed by atoms with Crippen molar-refractivity contribution in [1.82, 2.24) is 10.2 Å². The quantitative estimate of drug-likeness (QED) is 0.860. The van der Waals surface area contributed by atoms with Crippen LogP contribution in [0.25, 0.3) is 0 Å². The van der Waals surface area contributed by atoms with E-state index in [1.54, 1.807) is 12.1 Å². The highest BCUT2D eigenvalue weighted by Crippen LogP contribution is 2.31. The third kappa shape index (κ3) is 3.31. The Hall–Kier alpha value is -1.55. The summed E-state index contributed by atoms with van der Waals surface area (Å²) in [7, 11) is 0. The van der Waals surface area contributed by atoms with Gasteiger partial charge in [-0.1, -0.05) is 12.1 Å². The minimum atomic E-state index is 0.131. The van der Waals surface area contributed by atoms with Gasteiger partial charge in [0.15, 0.2) is 0 Å². The predicted molar refractivity (Wildman–Crippen MR) is 77.2 cm³/mol. The molecule has 0 radical (unpaired) electrons. The van der Waals surface area contributed by atoms with Crippen molar-refractivity contribution < 1.29 is 9.90 Å². The number of carbonyl (C=O) groups is 1. The molecule has 0 bridgehead atoms. The van der Waals surface area contributed by atoms with Gasteiger partial charge in [0.05, 0.1) is 5.92 Å². The summed E-state index contributed by atoms with van der Waals surface area (Å²) in [6.07, 6.45) is 3.43. The average molecular weight is 274 g/mol. The number of nitrogens with zero attached hydrogens (tertiary/aromatic N) is 1. The SMILES string of the molecule is O=C(C1CCNC1)N(Cc1cccc(O)c1)CC1CC1. The Balaban J connectivity index is 1.69. The van der Waals surface area contributed by atoms with Gasteiger partial charge in [0.25, 0.3) is 0 Å². The van der Waals surface area contributed by atoms with Crippen LogP contribution >= 0.6 is 0 Å². The molecule has 3 rings (SSSR count). The van der Waals surface area contributed by atoms with Gasteiger partial charge in [0, 0.05) is 19.6 Å². The summed E-state index contributed by atoms with van der Waals surface area (Å²) in [6.45, 7) is 3.23. The first-order chi connectivity index (χ1) is 9.72. The van der Waals surface area contributed by atoms with E-state index in [2.05, 4.69) is 5.32 Å². The topological polar surface area (TPSA) is 52.6 Å². The lowest BCUT2D eigenvalue weighted by atomic mass is 10.1. The average Bonchev–Trinajstić information content (AvgIpc) is 3.08. The number of benzene rings is 1. The zero-order valence-corrected chi connectivity index (χ0v) is 11.7. The number of hydrogen-bond acceptors (Lipinski definition) is 3. The van der Waals surface area contributed by atoms with E-state index >= 15 is 0 Å². The van der Waals surface area contributed by atoms with E-state index < -0.39 is 0 Å². The van der Waals surface area contributed by atoms with Crippen LogP contribution in [-0.4, -0.2) is 35.5 Å². The summed E-state index contributed by atoms with van der Waals surface area (Å²) in [5.74, 6) is 1.35. The Labute approximate surface area is 119 Å². The molecule has 1 aromatic rings. The van der Waals surface area contributed by atoms with Crippen molar-refractivity contribution in [2.75, 3.05) is 19.6 Å². The van der Waals surface area contributed by atoms with Crippen LogP contribution in [0.1, 0.15) is 24.8 Å². The molecule has 1 saturated heterocycles. The van der Waals surface area contributed by atoms with Gasteiger partial charge in [-0.05, 0) is 49.4 Å². The highest BCUT2D eigenvalue weighted by molar-refractivity contribution is 5.79. The number of phenolic OH excluding ortho intramolecular Hbond substituents is 1. The Morgan fingerprint density at radius 3 is 2.85 bits per heavy atom. The van der Waals surface area contributed by atoms with E-state index in [1.165, 1.54) is 12.8 Å². The molecule has 2 aliphatic rings. The zero-order valence-electron chi connectivity index (χ0n) is 11.7.